The molecule has 3 aliphatic rings. The third-order valence-electron chi connectivity index (χ3n) is 10.1. The summed E-state index contributed by atoms with van der Waals surface area (Å²) in [5.74, 6) is -0.147. The molecule has 2 amide bonds. The van der Waals surface area contributed by atoms with Gasteiger partial charge in [0.1, 0.15) is 17.0 Å². The predicted octanol–water partition coefficient (Wildman–Crippen LogP) is 4.81. The Labute approximate surface area is 270 Å². The van der Waals surface area contributed by atoms with Gasteiger partial charge in [0.05, 0.1) is 42.0 Å². The third kappa shape index (κ3) is 4.93. The Bertz CT molecular complexity index is 2070. The van der Waals surface area contributed by atoms with E-state index in [1.54, 1.807) is 13.2 Å². The Hall–Kier alpha value is -4.84. The molecule has 0 radical (unpaired) electrons. The van der Waals surface area contributed by atoms with E-state index in [2.05, 4.69) is 20.9 Å². The molecule has 5 aromatic heterocycles. The minimum absolute atomic E-state index is 0.0229. The molecule has 2 aliphatic heterocycles. The van der Waals surface area contributed by atoms with Gasteiger partial charge in [-0.3, -0.25) is 19.0 Å². The van der Waals surface area contributed by atoms with Crippen molar-refractivity contribution in [2.75, 3.05) is 7.11 Å². The van der Waals surface area contributed by atoms with Crippen molar-refractivity contribution in [3.8, 4) is 17.3 Å². The van der Waals surface area contributed by atoms with Crippen LogP contribution in [-0.2, 0) is 6.54 Å². The Balaban J connectivity index is 1.17. The van der Waals surface area contributed by atoms with Gasteiger partial charge in [0, 0.05) is 47.9 Å². The van der Waals surface area contributed by atoms with E-state index in [0.29, 0.717) is 28.7 Å². The Morgan fingerprint density at radius 1 is 1.13 bits per heavy atom. The topological polar surface area (TPSA) is 133 Å². The molecule has 0 spiro atoms. The molecular weight excluding hydrogens is 599 g/mol. The van der Waals surface area contributed by atoms with Crippen LogP contribution in [-0.4, -0.2) is 65.9 Å². The molecule has 5 aromatic rings. The number of carbonyl (C=O) groups is 2. The minimum atomic E-state index is -0.674. The van der Waals surface area contributed by atoms with Crippen LogP contribution in [0.4, 0.5) is 4.39 Å². The summed E-state index contributed by atoms with van der Waals surface area (Å²) in [6.07, 6.45) is 7.49. The molecule has 4 atom stereocenters. The van der Waals surface area contributed by atoms with E-state index < -0.39 is 17.8 Å². The molecule has 3 fully saturated rings. The first kappa shape index (κ1) is 29.6. The fraction of sp³-hybridized carbons (Fsp3) is 0.400. The molecule has 3 N–H and O–H groups in total. The van der Waals surface area contributed by atoms with Crippen LogP contribution in [0.15, 0.2) is 48.8 Å². The SMILES string of the molecule is COc1cc(C(=O)N2[C@H]3CC[C@@H]2[C@H](N)C3)cc2nc(-c3cc4ccc([C@@H](C)NC(=O)c5ccncc5F)nc4n3CC3CC3)c(C)n12. The van der Waals surface area contributed by atoms with Crippen molar-refractivity contribution >= 4 is 28.5 Å². The molecule has 0 aromatic carbocycles. The van der Waals surface area contributed by atoms with Crippen molar-refractivity contribution in [2.45, 2.75) is 76.7 Å². The van der Waals surface area contributed by atoms with Crippen LogP contribution < -0.4 is 15.8 Å². The lowest BCUT2D eigenvalue weighted by molar-refractivity contribution is 0.0725. The number of imidazole rings is 1. The Kier molecular flexibility index (Phi) is 7.01. The molecule has 8 rings (SSSR count). The first-order chi connectivity index (χ1) is 22.7. The van der Waals surface area contributed by atoms with Gasteiger partial charge in [-0.1, -0.05) is 0 Å². The number of nitrogens with one attached hydrogen (secondary N) is 1. The summed E-state index contributed by atoms with van der Waals surface area (Å²) in [5.41, 5.74) is 11.5. The Morgan fingerprint density at radius 3 is 2.66 bits per heavy atom. The number of halogens is 1. The zero-order chi connectivity index (χ0) is 32.6. The van der Waals surface area contributed by atoms with Gasteiger partial charge in [-0.2, -0.15) is 0 Å². The summed E-state index contributed by atoms with van der Waals surface area (Å²) in [6, 6.07) is 10.8. The van der Waals surface area contributed by atoms with E-state index in [9.17, 15) is 14.0 Å². The average molecular weight is 637 g/mol. The van der Waals surface area contributed by atoms with E-state index in [1.165, 1.54) is 12.3 Å². The maximum atomic E-state index is 14.2. The number of hydrogen-bond acceptors (Lipinski definition) is 7. The van der Waals surface area contributed by atoms with Crippen LogP contribution in [0.5, 0.6) is 5.88 Å². The molecule has 242 valence electrons. The largest absolute Gasteiger partial charge is 0.482 e. The van der Waals surface area contributed by atoms with Crippen LogP contribution in [0.25, 0.3) is 28.1 Å². The molecular formula is C35H37FN8O3. The summed E-state index contributed by atoms with van der Waals surface area (Å²) in [6.45, 7) is 4.62. The second kappa shape index (κ2) is 11.2. The standard InChI is InChI=1S/C35H37FN8O3/c1-18(39-34(45)24-10-11-38-16-25(24)36)27-8-6-21-12-29(42(33(21)40-27)17-20-4-5-20)32-19(2)43-30(41-32)13-22(14-31(43)47-3)35(46)44-23-7-9-28(44)26(37)15-23/h6,8,10-14,16,18,20,23,26,28H,4-5,7,9,15,17,37H2,1-3H3,(H,39,45)/t18-,23+,26-,28-/m1/s1. The van der Waals surface area contributed by atoms with Crippen LogP contribution in [0, 0.1) is 18.7 Å². The van der Waals surface area contributed by atoms with Gasteiger partial charge in [0.25, 0.3) is 11.8 Å². The minimum Gasteiger partial charge on any atom is -0.482 e. The lowest BCUT2D eigenvalue weighted by Gasteiger charge is -2.23. The normalized spacial score (nSPS) is 21.1. The molecule has 0 unspecified atom stereocenters. The first-order valence-electron chi connectivity index (χ1n) is 16.3. The Morgan fingerprint density at radius 2 is 1.96 bits per heavy atom. The van der Waals surface area contributed by atoms with Crippen molar-refractivity contribution in [2.24, 2.45) is 11.7 Å². The zero-order valence-electron chi connectivity index (χ0n) is 26.6. The average Bonchev–Trinajstić information content (AvgIpc) is 3.38. The van der Waals surface area contributed by atoms with Crippen LogP contribution in [0.1, 0.15) is 77.2 Å². The van der Waals surface area contributed by atoms with E-state index in [0.717, 1.165) is 73.0 Å². The van der Waals surface area contributed by atoms with Gasteiger partial charge < -0.3 is 25.3 Å². The summed E-state index contributed by atoms with van der Waals surface area (Å²) >= 11 is 0. The predicted molar refractivity (Wildman–Crippen MR) is 174 cm³/mol. The fourth-order valence-corrected chi connectivity index (χ4v) is 7.52. The molecule has 12 heteroatoms. The van der Waals surface area contributed by atoms with Gasteiger partial charge in [-0.05, 0) is 82.2 Å². The van der Waals surface area contributed by atoms with Crippen molar-refractivity contribution in [1.29, 1.82) is 0 Å². The third-order valence-corrected chi connectivity index (χ3v) is 10.1. The number of nitrogens with zero attached hydrogens (tertiary/aromatic N) is 6. The van der Waals surface area contributed by atoms with Gasteiger partial charge in [0.2, 0.25) is 0 Å². The number of nitrogens with two attached hydrogens (primary N) is 1. The quantitative estimate of drug-likeness (QED) is 0.250. The number of pyridine rings is 3. The summed E-state index contributed by atoms with van der Waals surface area (Å²) in [4.78, 5) is 42.4. The highest BCUT2D eigenvalue weighted by atomic mass is 19.1. The number of hydrogen-bond donors (Lipinski definition) is 2. The molecule has 1 saturated carbocycles. The monoisotopic (exact) mass is 636 g/mol. The van der Waals surface area contributed by atoms with E-state index in [4.69, 9.17) is 20.4 Å². The highest BCUT2D eigenvalue weighted by Gasteiger charge is 2.47. The van der Waals surface area contributed by atoms with Crippen LogP contribution in [0.3, 0.4) is 0 Å². The second-order valence-corrected chi connectivity index (χ2v) is 13.2. The smallest absolute Gasteiger partial charge is 0.254 e. The van der Waals surface area contributed by atoms with E-state index in [1.807, 2.05) is 41.3 Å². The van der Waals surface area contributed by atoms with Gasteiger partial charge in [-0.25, -0.2) is 14.4 Å². The number of fused-ring (bicyclic) bond motifs is 4. The van der Waals surface area contributed by atoms with Gasteiger partial charge in [0.15, 0.2) is 11.7 Å². The lowest BCUT2D eigenvalue weighted by atomic mass is 9.97. The maximum absolute atomic E-state index is 14.2. The number of methoxy groups -OCH3 is 1. The highest BCUT2D eigenvalue weighted by Crippen LogP contribution is 2.40. The number of rotatable bonds is 8. The summed E-state index contributed by atoms with van der Waals surface area (Å²) < 4.78 is 24.2. The van der Waals surface area contributed by atoms with E-state index >= 15 is 0 Å². The zero-order valence-corrected chi connectivity index (χ0v) is 26.6. The van der Waals surface area contributed by atoms with Crippen molar-refractivity contribution in [3.63, 3.8) is 0 Å². The first-order valence-corrected chi connectivity index (χ1v) is 16.3. The number of ether oxygens (including phenoxy) is 1. The number of amides is 2. The van der Waals surface area contributed by atoms with E-state index in [-0.39, 0.29) is 29.6 Å². The molecule has 2 bridgehead atoms. The van der Waals surface area contributed by atoms with Crippen molar-refractivity contribution < 1.29 is 18.7 Å². The van der Waals surface area contributed by atoms with Gasteiger partial charge >= 0.3 is 0 Å². The molecule has 47 heavy (non-hydrogen) atoms. The number of aromatic nitrogens is 5. The van der Waals surface area contributed by atoms with Crippen molar-refractivity contribution in [3.05, 3.63) is 77.1 Å². The van der Waals surface area contributed by atoms with Crippen molar-refractivity contribution in [1.82, 2.24) is 34.1 Å². The summed E-state index contributed by atoms with van der Waals surface area (Å²) in [5, 5.41) is 3.82. The molecule has 11 nitrogen and oxygen atoms in total. The molecule has 2 saturated heterocycles. The summed E-state index contributed by atoms with van der Waals surface area (Å²) in [7, 11) is 1.61. The fourth-order valence-electron chi connectivity index (χ4n) is 7.52. The molecule has 1 aliphatic carbocycles. The second-order valence-electron chi connectivity index (χ2n) is 13.2. The number of carbonyl (C=O) groups excluding carboxylic acids is 2. The molecule has 7 heterocycles. The number of aryl methyl sites for hydroxylation is 1. The maximum Gasteiger partial charge on any atom is 0.254 e. The van der Waals surface area contributed by atoms with Crippen LogP contribution in [0.2, 0.25) is 0 Å². The lowest BCUT2D eigenvalue weighted by Crippen LogP contribution is -2.40. The van der Waals surface area contributed by atoms with Gasteiger partial charge in [-0.15, -0.1) is 0 Å². The highest BCUT2D eigenvalue weighted by molar-refractivity contribution is 5.97. The van der Waals surface area contributed by atoms with Crippen LogP contribution >= 0.6 is 0 Å².